The number of hydrogen-bond donors (Lipinski definition) is 1. The van der Waals surface area contributed by atoms with Crippen molar-refractivity contribution in [1.29, 1.82) is 0 Å². The Hall–Kier alpha value is -0.255. The van der Waals surface area contributed by atoms with Crippen LogP contribution in [0.25, 0.3) is 0 Å². The number of halogens is 2. The van der Waals surface area contributed by atoms with Crippen LogP contribution in [0.15, 0.2) is 18.2 Å². The van der Waals surface area contributed by atoms with Gasteiger partial charge in [-0.3, -0.25) is 0 Å². The summed E-state index contributed by atoms with van der Waals surface area (Å²) in [5.74, 6) is 0. The van der Waals surface area contributed by atoms with E-state index in [1.165, 1.54) is 0 Å². The van der Waals surface area contributed by atoms with E-state index in [1.807, 2.05) is 18.2 Å². The standard InChI is InChI=1S/C16H25BClNO2.ClH/c1-11(2)19-10-12-9-13(18)7-8-14(12)17-20-15(3,4)16(5,6)21-17;/h7-9,11,19H,10H2,1-6H3;1H. The third-order valence-corrected chi connectivity index (χ3v) is 4.55. The maximum absolute atomic E-state index is 6.14. The molecule has 1 aliphatic heterocycles. The maximum atomic E-state index is 6.14. The highest BCUT2D eigenvalue weighted by Gasteiger charge is 2.52. The molecule has 1 saturated heterocycles. The van der Waals surface area contributed by atoms with Gasteiger partial charge >= 0.3 is 7.12 Å². The van der Waals surface area contributed by atoms with Crippen LogP contribution in [0.2, 0.25) is 5.02 Å². The summed E-state index contributed by atoms with van der Waals surface area (Å²) in [5, 5.41) is 4.16. The van der Waals surface area contributed by atoms with E-state index < -0.39 is 0 Å². The van der Waals surface area contributed by atoms with Gasteiger partial charge in [0.25, 0.3) is 0 Å². The molecule has 0 spiro atoms. The SMILES string of the molecule is CC(C)NCc1cc(Cl)ccc1B1OC(C)(C)C(C)(C)O1.Cl. The van der Waals surface area contributed by atoms with Gasteiger partial charge in [-0.1, -0.05) is 31.5 Å². The molecule has 1 aromatic carbocycles. The Labute approximate surface area is 145 Å². The van der Waals surface area contributed by atoms with Gasteiger partial charge in [-0.2, -0.15) is 0 Å². The first-order chi connectivity index (χ1) is 9.62. The van der Waals surface area contributed by atoms with Gasteiger partial charge in [0.2, 0.25) is 0 Å². The van der Waals surface area contributed by atoms with Crippen molar-refractivity contribution in [2.24, 2.45) is 0 Å². The van der Waals surface area contributed by atoms with Crippen LogP contribution in [0.3, 0.4) is 0 Å². The van der Waals surface area contributed by atoms with Gasteiger partial charge in [0.1, 0.15) is 0 Å². The van der Waals surface area contributed by atoms with Crippen molar-refractivity contribution < 1.29 is 9.31 Å². The van der Waals surface area contributed by atoms with Crippen LogP contribution < -0.4 is 10.8 Å². The summed E-state index contributed by atoms with van der Waals surface area (Å²) >= 11 is 6.14. The van der Waals surface area contributed by atoms with Crippen molar-refractivity contribution in [3.8, 4) is 0 Å². The van der Waals surface area contributed by atoms with E-state index in [0.29, 0.717) is 6.04 Å². The van der Waals surface area contributed by atoms with E-state index >= 15 is 0 Å². The van der Waals surface area contributed by atoms with Crippen LogP contribution >= 0.6 is 24.0 Å². The van der Waals surface area contributed by atoms with Gasteiger partial charge < -0.3 is 14.6 Å². The molecular formula is C16H26BCl2NO2. The second-order valence-electron chi connectivity index (χ2n) is 6.97. The van der Waals surface area contributed by atoms with E-state index in [-0.39, 0.29) is 30.7 Å². The fraction of sp³-hybridized carbons (Fsp3) is 0.625. The lowest BCUT2D eigenvalue weighted by Gasteiger charge is -2.32. The van der Waals surface area contributed by atoms with Gasteiger partial charge in [0.05, 0.1) is 11.2 Å². The van der Waals surface area contributed by atoms with E-state index in [4.69, 9.17) is 20.9 Å². The smallest absolute Gasteiger partial charge is 0.399 e. The Balaban J connectivity index is 0.00000242. The number of nitrogens with one attached hydrogen (secondary N) is 1. The molecule has 22 heavy (non-hydrogen) atoms. The molecule has 0 amide bonds. The van der Waals surface area contributed by atoms with Crippen molar-refractivity contribution in [2.75, 3.05) is 0 Å². The van der Waals surface area contributed by atoms with E-state index in [0.717, 1.165) is 22.6 Å². The maximum Gasteiger partial charge on any atom is 0.495 e. The molecule has 124 valence electrons. The summed E-state index contributed by atoms with van der Waals surface area (Å²) in [6, 6.07) is 6.29. The topological polar surface area (TPSA) is 30.5 Å². The summed E-state index contributed by atoms with van der Waals surface area (Å²) in [5.41, 5.74) is 1.50. The first-order valence-electron chi connectivity index (χ1n) is 7.50. The first kappa shape index (κ1) is 19.8. The Morgan fingerprint density at radius 3 is 2.18 bits per heavy atom. The highest BCUT2D eigenvalue weighted by Crippen LogP contribution is 2.36. The van der Waals surface area contributed by atoms with Crippen molar-refractivity contribution in [3.05, 3.63) is 28.8 Å². The summed E-state index contributed by atoms with van der Waals surface area (Å²) < 4.78 is 12.3. The minimum atomic E-state index is -0.351. The number of rotatable bonds is 4. The van der Waals surface area contributed by atoms with Crippen molar-refractivity contribution in [1.82, 2.24) is 5.32 Å². The van der Waals surface area contributed by atoms with Crippen LogP contribution in [-0.4, -0.2) is 24.4 Å². The van der Waals surface area contributed by atoms with Gasteiger partial charge in [0, 0.05) is 17.6 Å². The number of hydrogen-bond acceptors (Lipinski definition) is 3. The third kappa shape index (κ3) is 4.18. The Kier molecular flexibility index (Phi) is 6.39. The van der Waals surface area contributed by atoms with E-state index in [2.05, 4.69) is 46.9 Å². The largest absolute Gasteiger partial charge is 0.495 e. The van der Waals surface area contributed by atoms with E-state index in [1.54, 1.807) is 0 Å². The summed E-state index contributed by atoms with van der Waals surface area (Å²) in [6.07, 6.45) is 0. The average molecular weight is 346 g/mol. The molecule has 0 aromatic heterocycles. The quantitative estimate of drug-likeness (QED) is 0.846. The third-order valence-electron chi connectivity index (χ3n) is 4.31. The molecule has 2 rings (SSSR count). The van der Waals surface area contributed by atoms with Crippen LogP contribution in [0.4, 0.5) is 0 Å². The van der Waals surface area contributed by atoms with Crippen molar-refractivity contribution in [3.63, 3.8) is 0 Å². The molecule has 0 saturated carbocycles. The molecule has 0 radical (unpaired) electrons. The van der Waals surface area contributed by atoms with Gasteiger partial charge in [-0.25, -0.2) is 0 Å². The van der Waals surface area contributed by atoms with Crippen LogP contribution in [0.5, 0.6) is 0 Å². The zero-order valence-electron chi connectivity index (χ0n) is 14.2. The second kappa shape index (κ2) is 7.10. The van der Waals surface area contributed by atoms with E-state index in [9.17, 15) is 0 Å². The highest BCUT2D eigenvalue weighted by molar-refractivity contribution is 6.62. The predicted octanol–water partition coefficient (Wildman–Crippen LogP) is 3.56. The van der Waals surface area contributed by atoms with Crippen molar-refractivity contribution in [2.45, 2.75) is 65.3 Å². The molecule has 1 fully saturated rings. The summed E-state index contributed by atoms with van der Waals surface area (Å²) in [4.78, 5) is 0. The molecule has 1 aromatic rings. The van der Waals surface area contributed by atoms with Crippen molar-refractivity contribution >= 4 is 36.6 Å². The average Bonchev–Trinajstić information content (AvgIpc) is 2.55. The molecule has 1 heterocycles. The molecule has 3 nitrogen and oxygen atoms in total. The monoisotopic (exact) mass is 345 g/mol. The lowest BCUT2D eigenvalue weighted by atomic mass is 9.76. The minimum absolute atomic E-state index is 0. The summed E-state index contributed by atoms with van der Waals surface area (Å²) in [6.45, 7) is 13.3. The zero-order chi connectivity index (χ0) is 15.8. The lowest BCUT2D eigenvalue weighted by molar-refractivity contribution is 0.00578. The molecule has 0 aliphatic carbocycles. The Bertz CT molecular complexity index is 505. The molecule has 1 N–H and O–H groups in total. The Morgan fingerprint density at radius 1 is 1.14 bits per heavy atom. The lowest BCUT2D eigenvalue weighted by Crippen LogP contribution is -2.41. The molecule has 0 atom stereocenters. The molecule has 0 unspecified atom stereocenters. The molecule has 1 aliphatic rings. The molecular weight excluding hydrogens is 320 g/mol. The van der Waals surface area contributed by atoms with Crippen LogP contribution in [0.1, 0.15) is 47.1 Å². The van der Waals surface area contributed by atoms with Gasteiger partial charge in [0.15, 0.2) is 0 Å². The van der Waals surface area contributed by atoms with Gasteiger partial charge in [-0.15, -0.1) is 12.4 Å². The fourth-order valence-corrected chi connectivity index (χ4v) is 2.44. The normalized spacial score (nSPS) is 19.4. The molecule has 0 bridgehead atoms. The zero-order valence-corrected chi connectivity index (χ0v) is 15.8. The number of benzene rings is 1. The fourth-order valence-electron chi connectivity index (χ4n) is 2.24. The minimum Gasteiger partial charge on any atom is -0.399 e. The first-order valence-corrected chi connectivity index (χ1v) is 7.87. The summed E-state index contributed by atoms with van der Waals surface area (Å²) in [7, 11) is -0.351. The highest BCUT2D eigenvalue weighted by atomic mass is 35.5. The van der Waals surface area contributed by atoms with Crippen LogP contribution in [0, 0.1) is 0 Å². The predicted molar refractivity (Wildman–Crippen MR) is 96.4 cm³/mol. The van der Waals surface area contributed by atoms with Gasteiger partial charge in [-0.05, 0) is 50.9 Å². The van der Waals surface area contributed by atoms with Crippen LogP contribution in [-0.2, 0) is 15.9 Å². The Morgan fingerprint density at radius 2 is 1.68 bits per heavy atom. The molecule has 6 heteroatoms. The second-order valence-corrected chi connectivity index (χ2v) is 7.40.